The number of nitrogens with zero attached hydrogens (tertiary/aromatic N) is 2. The van der Waals surface area contributed by atoms with Crippen LogP contribution in [0, 0.1) is 11.8 Å². The van der Waals surface area contributed by atoms with Gasteiger partial charge in [0.25, 0.3) is 0 Å². The van der Waals surface area contributed by atoms with Gasteiger partial charge in [0.05, 0.1) is 11.4 Å². The number of hydrogen-bond acceptors (Lipinski definition) is 2. The Morgan fingerprint density at radius 1 is 0.885 bits per heavy atom. The van der Waals surface area contributed by atoms with E-state index in [4.69, 9.17) is 0 Å². The van der Waals surface area contributed by atoms with Crippen LogP contribution in [-0.2, 0) is 0 Å². The third-order valence-electron chi connectivity index (χ3n) is 5.30. The molecule has 1 aliphatic rings. The molecule has 0 radical (unpaired) electrons. The Hall–Kier alpha value is -2.33. The third kappa shape index (κ3) is 4.44. The number of carbonyl (C=O) groups is 1. The highest BCUT2D eigenvalue weighted by molar-refractivity contribution is 5.99. The number of amides is 2. The van der Waals surface area contributed by atoms with Gasteiger partial charge < -0.3 is 10.0 Å². The van der Waals surface area contributed by atoms with Gasteiger partial charge in [0.1, 0.15) is 0 Å². The number of rotatable bonds is 5. The second kappa shape index (κ2) is 8.86. The van der Waals surface area contributed by atoms with Gasteiger partial charge in [-0.05, 0) is 61.8 Å². The lowest BCUT2D eigenvalue weighted by atomic mass is 9.82. The van der Waals surface area contributed by atoms with Gasteiger partial charge in [0.15, 0.2) is 0 Å². The molecular formula is C22H28N2O2. The lowest BCUT2D eigenvalue weighted by Gasteiger charge is -2.33. The standard InChI is InChI=1S/C22H28N2O2/c1-23(16-18-12-14-19(17-25)15-13-18)22(26)24(20-8-4-2-5-9-20)21-10-6-3-7-11-21/h2-11,18-19,25H,12-17H2,1H3. The lowest BCUT2D eigenvalue weighted by molar-refractivity contribution is 0.151. The molecule has 0 aromatic heterocycles. The molecule has 0 unspecified atom stereocenters. The maximum Gasteiger partial charge on any atom is 0.328 e. The van der Waals surface area contributed by atoms with Crippen LogP contribution in [0.4, 0.5) is 16.2 Å². The number of hydrogen-bond donors (Lipinski definition) is 1. The monoisotopic (exact) mass is 352 g/mol. The summed E-state index contributed by atoms with van der Waals surface area (Å²) >= 11 is 0. The van der Waals surface area contributed by atoms with E-state index in [1.165, 1.54) is 0 Å². The predicted octanol–water partition coefficient (Wildman–Crippen LogP) is 4.68. The zero-order valence-electron chi connectivity index (χ0n) is 15.4. The first-order chi connectivity index (χ1) is 12.7. The van der Waals surface area contributed by atoms with E-state index in [1.807, 2.05) is 72.6 Å². The Morgan fingerprint density at radius 3 is 1.81 bits per heavy atom. The van der Waals surface area contributed by atoms with Crippen molar-refractivity contribution in [2.75, 3.05) is 25.1 Å². The van der Waals surface area contributed by atoms with E-state index in [0.717, 1.165) is 43.6 Å². The molecule has 0 aliphatic heterocycles. The van der Waals surface area contributed by atoms with Gasteiger partial charge in [-0.1, -0.05) is 36.4 Å². The number of aliphatic hydroxyl groups excluding tert-OH is 1. The van der Waals surface area contributed by atoms with Gasteiger partial charge in [-0.3, -0.25) is 4.90 Å². The van der Waals surface area contributed by atoms with E-state index in [9.17, 15) is 9.90 Å². The fourth-order valence-electron chi connectivity index (χ4n) is 3.76. The van der Waals surface area contributed by atoms with Crippen LogP contribution < -0.4 is 4.90 Å². The lowest BCUT2D eigenvalue weighted by Crippen LogP contribution is -2.41. The summed E-state index contributed by atoms with van der Waals surface area (Å²) in [6.07, 6.45) is 4.29. The number of anilines is 2. The summed E-state index contributed by atoms with van der Waals surface area (Å²) in [6.45, 7) is 1.05. The van der Waals surface area contributed by atoms with E-state index in [2.05, 4.69) is 0 Å². The highest BCUT2D eigenvalue weighted by Gasteiger charge is 2.26. The molecule has 1 N–H and O–H groups in total. The maximum absolute atomic E-state index is 13.3. The Kier molecular flexibility index (Phi) is 6.29. The van der Waals surface area contributed by atoms with E-state index in [1.54, 1.807) is 4.90 Å². The fourth-order valence-corrected chi connectivity index (χ4v) is 3.76. The van der Waals surface area contributed by atoms with Crippen molar-refractivity contribution in [1.82, 2.24) is 4.90 Å². The summed E-state index contributed by atoms with van der Waals surface area (Å²) in [5, 5.41) is 9.30. The van der Waals surface area contributed by atoms with Gasteiger partial charge in [0, 0.05) is 20.2 Å². The first-order valence-electron chi connectivity index (χ1n) is 9.45. The van der Waals surface area contributed by atoms with Crippen LogP contribution in [0.1, 0.15) is 25.7 Å². The molecular weight excluding hydrogens is 324 g/mol. The van der Waals surface area contributed by atoms with Gasteiger partial charge in [-0.2, -0.15) is 0 Å². The van der Waals surface area contributed by atoms with Crippen molar-refractivity contribution < 1.29 is 9.90 Å². The normalized spacial score (nSPS) is 19.8. The fraction of sp³-hybridized carbons (Fsp3) is 0.409. The van der Waals surface area contributed by atoms with E-state index in [-0.39, 0.29) is 12.6 Å². The molecule has 1 fully saturated rings. The van der Waals surface area contributed by atoms with E-state index in [0.29, 0.717) is 11.8 Å². The maximum atomic E-state index is 13.3. The first-order valence-corrected chi connectivity index (χ1v) is 9.45. The SMILES string of the molecule is CN(CC1CCC(CO)CC1)C(=O)N(c1ccccc1)c1ccccc1. The minimum Gasteiger partial charge on any atom is -0.396 e. The molecule has 0 bridgehead atoms. The molecule has 26 heavy (non-hydrogen) atoms. The van der Waals surface area contributed by atoms with Crippen LogP contribution in [0.15, 0.2) is 60.7 Å². The first kappa shape index (κ1) is 18.5. The van der Waals surface area contributed by atoms with Crippen molar-refractivity contribution in [2.45, 2.75) is 25.7 Å². The predicted molar refractivity (Wildman–Crippen MR) is 106 cm³/mol. The molecule has 0 heterocycles. The topological polar surface area (TPSA) is 43.8 Å². The highest BCUT2D eigenvalue weighted by Crippen LogP contribution is 2.30. The molecule has 2 amide bonds. The van der Waals surface area contributed by atoms with Crippen molar-refractivity contribution >= 4 is 17.4 Å². The molecule has 138 valence electrons. The summed E-state index contributed by atoms with van der Waals surface area (Å²) in [4.78, 5) is 16.9. The number of aliphatic hydroxyl groups is 1. The van der Waals surface area contributed by atoms with E-state index < -0.39 is 0 Å². The largest absolute Gasteiger partial charge is 0.396 e. The van der Waals surface area contributed by atoms with Crippen molar-refractivity contribution in [3.8, 4) is 0 Å². The molecule has 0 atom stereocenters. The molecule has 4 nitrogen and oxygen atoms in total. The van der Waals surface area contributed by atoms with Gasteiger partial charge >= 0.3 is 6.03 Å². The van der Waals surface area contributed by atoms with Crippen LogP contribution in [0.5, 0.6) is 0 Å². The van der Waals surface area contributed by atoms with Crippen LogP contribution in [0.2, 0.25) is 0 Å². The second-order valence-electron chi connectivity index (χ2n) is 7.24. The minimum atomic E-state index is -0.00770. The Bertz CT molecular complexity index is 642. The summed E-state index contributed by atoms with van der Waals surface area (Å²) in [7, 11) is 1.89. The molecule has 4 heteroatoms. The number of benzene rings is 2. The summed E-state index contributed by atoms with van der Waals surface area (Å²) in [6, 6.07) is 19.6. The highest BCUT2D eigenvalue weighted by atomic mass is 16.3. The van der Waals surface area contributed by atoms with Crippen molar-refractivity contribution in [3.05, 3.63) is 60.7 Å². The summed E-state index contributed by atoms with van der Waals surface area (Å²) < 4.78 is 0. The third-order valence-corrected chi connectivity index (χ3v) is 5.30. The Morgan fingerprint density at radius 2 is 1.35 bits per heavy atom. The minimum absolute atomic E-state index is 0.00770. The molecule has 1 aliphatic carbocycles. The zero-order chi connectivity index (χ0) is 18.4. The average molecular weight is 352 g/mol. The number of urea groups is 1. The van der Waals surface area contributed by atoms with E-state index >= 15 is 0 Å². The van der Waals surface area contributed by atoms with Crippen LogP contribution in [0.25, 0.3) is 0 Å². The van der Waals surface area contributed by atoms with Crippen molar-refractivity contribution in [1.29, 1.82) is 0 Å². The quantitative estimate of drug-likeness (QED) is 0.849. The molecule has 2 aromatic rings. The second-order valence-corrected chi connectivity index (χ2v) is 7.24. The Labute approximate surface area is 156 Å². The molecule has 0 saturated heterocycles. The molecule has 2 aromatic carbocycles. The number of para-hydroxylation sites is 2. The van der Waals surface area contributed by atoms with Crippen LogP contribution in [0.3, 0.4) is 0 Å². The van der Waals surface area contributed by atoms with Gasteiger partial charge in [-0.15, -0.1) is 0 Å². The smallest absolute Gasteiger partial charge is 0.328 e. The molecule has 3 rings (SSSR count). The van der Waals surface area contributed by atoms with Crippen molar-refractivity contribution in [2.24, 2.45) is 11.8 Å². The molecule has 0 spiro atoms. The summed E-state index contributed by atoms with van der Waals surface area (Å²) in [5.74, 6) is 0.956. The number of carbonyl (C=O) groups excluding carboxylic acids is 1. The molecule has 1 saturated carbocycles. The van der Waals surface area contributed by atoms with Crippen LogP contribution in [-0.4, -0.2) is 36.2 Å². The van der Waals surface area contributed by atoms with Gasteiger partial charge in [0.2, 0.25) is 0 Å². The average Bonchev–Trinajstić information content (AvgIpc) is 2.70. The Balaban J connectivity index is 1.73. The zero-order valence-corrected chi connectivity index (χ0v) is 15.4. The van der Waals surface area contributed by atoms with Crippen LogP contribution >= 0.6 is 0 Å². The summed E-state index contributed by atoms with van der Waals surface area (Å²) in [5.41, 5.74) is 1.75. The van der Waals surface area contributed by atoms with Gasteiger partial charge in [-0.25, -0.2) is 4.79 Å². The van der Waals surface area contributed by atoms with Crippen molar-refractivity contribution in [3.63, 3.8) is 0 Å².